The molecule has 31 heavy (non-hydrogen) atoms. The van der Waals surface area contributed by atoms with Crippen LogP contribution in [0.3, 0.4) is 0 Å². The highest BCUT2D eigenvalue weighted by Gasteiger charge is 2.46. The van der Waals surface area contributed by atoms with Gasteiger partial charge in [0.2, 0.25) is 0 Å². The SMILES string of the molecule is Cc1cccc(C2/C(=C(/O)c3cccc([N+](=O)[O-])c3)C(=O)C(=O)N2CCOC(C)C)c1. The van der Waals surface area contributed by atoms with Gasteiger partial charge < -0.3 is 14.7 Å². The third-order valence-electron chi connectivity index (χ3n) is 5.01. The van der Waals surface area contributed by atoms with E-state index in [9.17, 15) is 24.8 Å². The first-order valence-corrected chi connectivity index (χ1v) is 9.92. The molecule has 1 atom stereocenters. The molecule has 1 unspecified atom stereocenters. The molecule has 2 aromatic carbocycles. The number of rotatable bonds is 7. The highest BCUT2D eigenvalue weighted by Crippen LogP contribution is 2.39. The molecule has 1 aliphatic rings. The lowest BCUT2D eigenvalue weighted by atomic mass is 9.94. The van der Waals surface area contributed by atoms with Crippen LogP contribution >= 0.6 is 0 Å². The Bertz CT molecular complexity index is 1060. The van der Waals surface area contributed by atoms with Crippen LogP contribution < -0.4 is 0 Å². The predicted octanol–water partition coefficient (Wildman–Crippen LogP) is 3.75. The molecule has 162 valence electrons. The molecule has 0 aromatic heterocycles. The van der Waals surface area contributed by atoms with E-state index in [1.165, 1.54) is 29.2 Å². The second kappa shape index (κ2) is 9.09. The number of aliphatic hydroxyl groups excluding tert-OH is 1. The van der Waals surface area contributed by atoms with Crippen molar-refractivity contribution in [3.05, 3.63) is 80.9 Å². The number of carbonyl (C=O) groups excluding carboxylic acids is 2. The summed E-state index contributed by atoms with van der Waals surface area (Å²) in [6, 6.07) is 11.8. The number of likely N-dealkylation sites (tertiary alicyclic amines) is 1. The number of hydrogen-bond donors (Lipinski definition) is 1. The third kappa shape index (κ3) is 4.64. The molecular weight excluding hydrogens is 400 g/mol. The smallest absolute Gasteiger partial charge is 0.295 e. The zero-order valence-electron chi connectivity index (χ0n) is 17.6. The summed E-state index contributed by atoms with van der Waals surface area (Å²) in [6.45, 7) is 6.01. The number of carbonyl (C=O) groups is 2. The zero-order valence-corrected chi connectivity index (χ0v) is 17.6. The number of Topliss-reactive ketones (excluding diaryl/α,β-unsaturated/α-hetero) is 1. The summed E-state index contributed by atoms with van der Waals surface area (Å²) in [5.41, 5.74) is 1.37. The lowest BCUT2D eigenvalue weighted by Gasteiger charge is -2.26. The number of aliphatic hydroxyl groups is 1. The Morgan fingerprint density at radius 2 is 1.90 bits per heavy atom. The maximum absolute atomic E-state index is 12.9. The van der Waals surface area contributed by atoms with Crippen LogP contribution in [-0.2, 0) is 14.3 Å². The van der Waals surface area contributed by atoms with Gasteiger partial charge in [-0.15, -0.1) is 0 Å². The van der Waals surface area contributed by atoms with E-state index < -0.39 is 28.4 Å². The van der Waals surface area contributed by atoms with Crippen molar-refractivity contribution in [2.24, 2.45) is 0 Å². The molecular formula is C23H24N2O6. The molecule has 1 heterocycles. The second-order valence-corrected chi connectivity index (χ2v) is 7.63. The van der Waals surface area contributed by atoms with Gasteiger partial charge >= 0.3 is 0 Å². The Labute approximate surface area is 179 Å². The first-order chi connectivity index (χ1) is 14.7. The maximum Gasteiger partial charge on any atom is 0.295 e. The number of benzene rings is 2. The third-order valence-corrected chi connectivity index (χ3v) is 5.01. The normalized spacial score (nSPS) is 18.1. The van der Waals surface area contributed by atoms with Crippen molar-refractivity contribution in [2.45, 2.75) is 32.9 Å². The summed E-state index contributed by atoms with van der Waals surface area (Å²) in [6.07, 6.45) is -0.0425. The molecule has 0 bridgehead atoms. The summed E-state index contributed by atoms with van der Waals surface area (Å²) < 4.78 is 5.56. The van der Waals surface area contributed by atoms with Crippen LogP contribution in [0, 0.1) is 17.0 Å². The van der Waals surface area contributed by atoms with E-state index >= 15 is 0 Å². The summed E-state index contributed by atoms with van der Waals surface area (Å²) in [5, 5.41) is 22.1. The fourth-order valence-corrected chi connectivity index (χ4v) is 3.61. The number of hydrogen-bond acceptors (Lipinski definition) is 6. The molecule has 8 nitrogen and oxygen atoms in total. The van der Waals surface area contributed by atoms with Gasteiger partial charge in [0.1, 0.15) is 5.76 Å². The van der Waals surface area contributed by atoms with Crippen LogP contribution in [-0.4, -0.2) is 45.9 Å². The van der Waals surface area contributed by atoms with Gasteiger partial charge in [0.05, 0.1) is 29.2 Å². The standard InChI is InChI=1S/C23H24N2O6/c1-14(2)31-11-10-24-20(16-7-4-6-15(3)12-16)19(22(27)23(24)28)21(26)17-8-5-9-18(13-17)25(29)30/h4-9,12-14,20,26H,10-11H2,1-3H3/b21-19-. The monoisotopic (exact) mass is 424 g/mol. The summed E-state index contributed by atoms with van der Waals surface area (Å²) in [5.74, 6) is -2.02. The summed E-state index contributed by atoms with van der Waals surface area (Å²) in [7, 11) is 0. The number of aryl methyl sites for hydroxylation is 1. The van der Waals surface area contributed by atoms with E-state index in [-0.39, 0.29) is 36.1 Å². The number of nitro benzene ring substituents is 1. The quantitative estimate of drug-likeness (QED) is 0.238. The van der Waals surface area contributed by atoms with E-state index in [0.717, 1.165) is 5.56 Å². The highest BCUT2D eigenvalue weighted by molar-refractivity contribution is 6.46. The molecule has 0 aliphatic carbocycles. The number of non-ortho nitro benzene ring substituents is 1. The Kier molecular flexibility index (Phi) is 6.50. The van der Waals surface area contributed by atoms with Crippen LogP contribution in [0.4, 0.5) is 5.69 Å². The van der Waals surface area contributed by atoms with Crippen molar-refractivity contribution in [3.8, 4) is 0 Å². The minimum Gasteiger partial charge on any atom is -0.507 e. The highest BCUT2D eigenvalue weighted by atomic mass is 16.6. The van der Waals surface area contributed by atoms with Gasteiger partial charge in [-0.1, -0.05) is 42.0 Å². The second-order valence-electron chi connectivity index (χ2n) is 7.63. The number of amides is 1. The Balaban J connectivity index is 2.12. The van der Waals surface area contributed by atoms with Gasteiger partial charge in [0.25, 0.3) is 17.4 Å². The Morgan fingerprint density at radius 1 is 1.19 bits per heavy atom. The van der Waals surface area contributed by atoms with Crippen molar-refractivity contribution in [1.82, 2.24) is 4.90 Å². The van der Waals surface area contributed by atoms with E-state index in [4.69, 9.17) is 4.74 Å². The van der Waals surface area contributed by atoms with Crippen molar-refractivity contribution >= 4 is 23.1 Å². The van der Waals surface area contributed by atoms with Gasteiger partial charge in [0.15, 0.2) is 0 Å². The van der Waals surface area contributed by atoms with Gasteiger partial charge in [-0.2, -0.15) is 0 Å². The minimum absolute atomic E-state index is 0.0425. The van der Waals surface area contributed by atoms with Crippen LogP contribution in [0.25, 0.3) is 5.76 Å². The molecule has 8 heteroatoms. The van der Waals surface area contributed by atoms with Gasteiger partial charge in [-0.3, -0.25) is 19.7 Å². The lowest BCUT2D eigenvalue weighted by Crippen LogP contribution is -2.33. The largest absolute Gasteiger partial charge is 0.507 e. The lowest BCUT2D eigenvalue weighted by molar-refractivity contribution is -0.384. The predicted molar refractivity (Wildman–Crippen MR) is 114 cm³/mol. The molecule has 1 amide bonds. The first-order valence-electron chi connectivity index (χ1n) is 9.92. The summed E-state index contributed by atoms with van der Waals surface area (Å²) >= 11 is 0. The Hall–Kier alpha value is -3.52. The average molecular weight is 424 g/mol. The molecule has 1 aliphatic heterocycles. The van der Waals surface area contributed by atoms with Crippen LogP contribution in [0.2, 0.25) is 0 Å². The average Bonchev–Trinajstić information content (AvgIpc) is 2.98. The maximum atomic E-state index is 12.9. The number of nitrogens with zero attached hydrogens (tertiary/aromatic N) is 2. The molecule has 3 rings (SSSR count). The van der Waals surface area contributed by atoms with Crippen molar-refractivity contribution in [1.29, 1.82) is 0 Å². The number of ether oxygens (including phenoxy) is 1. The van der Waals surface area contributed by atoms with Gasteiger partial charge in [-0.25, -0.2) is 0 Å². The number of nitro groups is 1. The molecule has 0 spiro atoms. The van der Waals surface area contributed by atoms with E-state index in [0.29, 0.717) is 5.56 Å². The molecule has 0 saturated carbocycles. The van der Waals surface area contributed by atoms with Crippen LogP contribution in [0.1, 0.15) is 36.6 Å². The fourth-order valence-electron chi connectivity index (χ4n) is 3.61. The molecule has 1 N–H and O–H groups in total. The van der Waals surface area contributed by atoms with Crippen LogP contribution in [0.5, 0.6) is 0 Å². The van der Waals surface area contributed by atoms with Gasteiger partial charge in [-0.05, 0) is 26.3 Å². The van der Waals surface area contributed by atoms with Crippen molar-refractivity contribution < 1.29 is 24.4 Å². The van der Waals surface area contributed by atoms with Crippen molar-refractivity contribution in [2.75, 3.05) is 13.2 Å². The van der Waals surface area contributed by atoms with E-state index in [2.05, 4.69) is 0 Å². The van der Waals surface area contributed by atoms with E-state index in [1.807, 2.05) is 39.0 Å². The Morgan fingerprint density at radius 3 is 2.55 bits per heavy atom. The first kappa shape index (κ1) is 22.2. The van der Waals surface area contributed by atoms with E-state index in [1.54, 1.807) is 6.07 Å². The van der Waals surface area contributed by atoms with Gasteiger partial charge in [0, 0.05) is 24.2 Å². The zero-order chi connectivity index (χ0) is 22.7. The molecule has 1 saturated heterocycles. The molecule has 0 radical (unpaired) electrons. The fraction of sp³-hybridized carbons (Fsp3) is 0.304. The summed E-state index contributed by atoms with van der Waals surface area (Å²) in [4.78, 5) is 37.7. The van der Waals surface area contributed by atoms with Crippen LogP contribution in [0.15, 0.2) is 54.1 Å². The topological polar surface area (TPSA) is 110 Å². The minimum atomic E-state index is -0.833. The number of ketones is 1. The molecule has 1 fully saturated rings. The van der Waals surface area contributed by atoms with Crippen molar-refractivity contribution in [3.63, 3.8) is 0 Å². The molecule has 2 aromatic rings.